The van der Waals surface area contributed by atoms with E-state index in [1.54, 1.807) is 0 Å². The average Bonchev–Trinajstić information content (AvgIpc) is 2.45. The minimum atomic E-state index is -4.57. The molecule has 0 aliphatic heterocycles. The van der Waals surface area contributed by atoms with Crippen LogP contribution in [0.1, 0.15) is 29.0 Å². The second-order valence-electron chi connectivity index (χ2n) is 4.71. The van der Waals surface area contributed by atoms with Crippen LogP contribution in [0, 0.1) is 5.82 Å². The van der Waals surface area contributed by atoms with Crippen LogP contribution in [0.5, 0.6) is 0 Å². The summed E-state index contributed by atoms with van der Waals surface area (Å²) in [6, 6.07) is 5.83. The summed E-state index contributed by atoms with van der Waals surface area (Å²) >= 11 is 0. The molecule has 1 N–H and O–H groups in total. The Morgan fingerprint density at radius 1 is 1.14 bits per heavy atom. The molecule has 0 aliphatic rings. The van der Waals surface area contributed by atoms with Gasteiger partial charge in [-0.05, 0) is 29.3 Å². The van der Waals surface area contributed by atoms with Gasteiger partial charge in [0.05, 0.1) is 12.0 Å². The number of rotatable bonds is 4. The van der Waals surface area contributed by atoms with Crippen molar-refractivity contribution >= 4 is 5.97 Å². The van der Waals surface area contributed by atoms with Gasteiger partial charge < -0.3 is 5.11 Å². The van der Waals surface area contributed by atoms with Gasteiger partial charge in [0, 0.05) is 18.3 Å². The third kappa shape index (κ3) is 3.81. The van der Waals surface area contributed by atoms with Gasteiger partial charge in [0.2, 0.25) is 0 Å². The van der Waals surface area contributed by atoms with Crippen LogP contribution in [-0.2, 0) is 11.0 Å². The van der Waals surface area contributed by atoms with Crippen LogP contribution in [0.25, 0.3) is 0 Å². The lowest BCUT2D eigenvalue weighted by atomic mass is 9.89. The molecule has 0 spiro atoms. The van der Waals surface area contributed by atoms with E-state index >= 15 is 0 Å². The number of alkyl halides is 3. The molecule has 0 aliphatic carbocycles. The largest absolute Gasteiger partial charge is 0.481 e. The zero-order chi connectivity index (χ0) is 16.3. The molecule has 116 valence electrons. The van der Waals surface area contributed by atoms with Gasteiger partial charge in [-0.2, -0.15) is 13.2 Å². The number of aromatic nitrogens is 1. The van der Waals surface area contributed by atoms with Crippen LogP contribution < -0.4 is 0 Å². The smallest absolute Gasteiger partial charge is 0.417 e. The van der Waals surface area contributed by atoms with Crippen molar-refractivity contribution < 1.29 is 27.5 Å². The molecule has 2 rings (SSSR count). The Balaban J connectivity index is 2.45. The first-order chi connectivity index (χ1) is 10.3. The maximum absolute atomic E-state index is 13.0. The zero-order valence-corrected chi connectivity index (χ0v) is 11.1. The number of carboxylic acid groups (broad SMARTS) is 1. The molecule has 0 saturated carbocycles. The summed E-state index contributed by atoms with van der Waals surface area (Å²) in [6.45, 7) is 0. The van der Waals surface area contributed by atoms with E-state index in [1.165, 1.54) is 18.3 Å². The Kier molecular flexibility index (Phi) is 4.44. The van der Waals surface area contributed by atoms with Gasteiger partial charge >= 0.3 is 12.1 Å². The van der Waals surface area contributed by atoms with Crippen LogP contribution in [0.15, 0.2) is 42.7 Å². The van der Waals surface area contributed by atoms with E-state index < -0.39 is 35.9 Å². The summed E-state index contributed by atoms with van der Waals surface area (Å²) in [5.74, 6) is -2.53. The molecule has 0 fully saturated rings. The predicted molar refractivity (Wildman–Crippen MR) is 69.7 cm³/mol. The Labute approximate surface area is 123 Å². The molecule has 1 aromatic heterocycles. The van der Waals surface area contributed by atoms with E-state index in [0.717, 1.165) is 18.2 Å². The molecule has 0 amide bonds. The standard InChI is InChI=1S/C15H11F4NO2/c16-12-3-1-9(2-4-12)13(6-14(21)22)10-5-11(8-20-7-10)15(17,18)19/h1-5,7-8,13H,6H2,(H,21,22). The van der Waals surface area contributed by atoms with E-state index in [2.05, 4.69) is 4.98 Å². The summed E-state index contributed by atoms with van der Waals surface area (Å²) < 4.78 is 51.2. The minimum Gasteiger partial charge on any atom is -0.481 e. The molecule has 1 atom stereocenters. The highest BCUT2D eigenvalue weighted by Crippen LogP contribution is 2.33. The molecule has 0 saturated heterocycles. The Hall–Kier alpha value is -2.44. The van der Waals surface area contributed by atoms with Crippen LogP contribution in [0.2, 0.25) is 0 Å². The minimum absolute atomic E-state index is 0.115. The highest BCUT2D eigenvalue weighted by molar-refractivity contribution is 5.69. The number of carboxylic acids is 1. The highest BCUT2D eigenvalue weighted by atomic mass is 19.4. The second-order valence-corrected chi connectivity index (χ2v) is 4.71. The average molecular weight is 313 g/mol. The molecule has 1 unspecified atom stereocenters. The van der Waals surface area contributed by atoms with Crippen molar-refractivity contribution in [2.24, 2.45) is 0 Å². The van der Waals surface area contributed by atoms with Gasteiger partial charge in [-0.15, -0.1) is 0 Å². The molecule has 7 heteroatoms. The summed E-state index contributed by atoms with van der Waals surface area (Å²) in [4.78, 5) is 14.5. The highest BCUT2D eigenvalue weighted by Gasteiger charge is 2.32. The monoisotopic (exact) mass is 313 g/mol. The van der Waals surface area contributed by atoms with Crippen molar-refractivity contribution in [3.63, 3.8) is 0 Å². The van der Waals surface area contributed by atoms with Gasteiger partial charge in [0.1, 0.15) is 5.82 Å². The molecule has 1 aromatic carbocycles. The number of hydrogen-bond acceptors (Lipinski definition) is 2. The van der Waals surface area contributed by atoms with E-state index in [4.69, 9.17) is 5.11 Å². The Morgan fingerprint density at radius 2 is 1.77 bits per heavy atom. The maximum atomic E-state index is 13.0. The van der Waals surface area contributed by atoms with Crippen LogP contribution >= 0.6 is 0 Å². The number of hydrogen-bond donors (Lipinski definition) is 1. The molecule has 2 aromatic rings. The fourth-order valence-corrected chi connectivity index (χ4v) is 2.10. The Bertz CT molecular complexity index is 668. The molecule has 0 radical (unpaired) electrons. The van der Waals surface area contributed by atoms with Gasteiger partial charge in [-0.25, -0.2) is 4.39 Å². The number of nitrogens with zero attached hydrogens (tertiary/aromatic N) is 1. The van der Waals surface area contributed by atoms with Gasteiger partial charge in [-0.3, -0.25) is 9.78 Å². The van der Waals surface area contributed by atoms with Crippen molar-refractivity contribution in [3.8, 4) is 0 Å². The van der Waals surface area contributed by atoms with E-state index in [1.807, 2.05) is 0 Å². The maximum Gasteiger partial charge on any atom is 0.417 e. The summed E-state index contributed by atoms with van der Waals surface area (Å²) in [5.41, 5.74) is -0.434. The van der Waals surface area contributed by atoms with Gasteiger partial charge in [0.25, 0.3) is 0 Å². The van der Waals surface area contributed by atoms with Crippen molar-refractivity contribution in [2.45, 2.75) is 18.5 Å². The molecule has 22 heavy (non-hydrogen) atoms. The van der Waals surface area contributed by atoms with Crippen molar-refractivity contribution in [3.05, 3.63) is 65.2 Å². The quantitative estimate of drug-likeness (QED) is 0.872. The van der Waals surface area contributed by atoms with Crippen molar-refractivity contribution in [1.82, 2.24) is 4.98 Å². The number of carbonyl (C=O) groups is 1. The van der Waals surface area contributed by atoms with Crippen molar-refractivity contribution in [1.29, 1.82) is 0 Å². The van der Waals surface area contributed by atoms with E-state index in [-0.39, 0.29) is 5.56 Å². The summed E-state index contributed by atoms with van der Waals surface area (Å²) in [5, 5.41) is 8.97. The second kappa shape index (κ2) is 6.13. The topological polar surface area (TPSA) is 50.2 Å². The van der Waals surface area contributed by atoms with E-state index in [0.29, 0.717) is 11.8 Å². The number of aliphatic carboxylic acids is 1. The third-order valence-electron chi connectivity index (χ3n) is 3.14. The SMILES string of the molecule is O=C(O)CC(c1ccc(F)cc1)c1cncc(C(F)(F)F)c1. The molecular formula is C15H11F4NO2. The summed E-state index contributed by atoms with van der Waals surface area (Å²) in [7, 11) is 0. The number of halogens is 4. The van der Waals surface area contributed by atoms with E-state index in [9.17, 15) is 22.4 Å². The predicted octanol–water partition coefficient (Wildman–Crippen LogP) is 3.85. The first kappa shape index (κ1) is 15.9. The first-order valence-corrected chi connectivity index (χ1v) is 6.27. The van der Waals surface area contributed by atoms with Crippen molar-refractivity contribution in [2.75, 3.05) is 0 Å². The fourth-order valence-electron chi connectivity index (χ4n) is 2.10. The number of benzene rings is 1. The molecule has 1 heterocycles. The normalized spacial score (nSPS) is 12.9. The lowest BCUT2D eigenvalue weighted by Gasteiger charge is -2.17. The van der Waals surface area contributed by atoms with Gasteiger partial charge in [0.15, 0.2) is 0 Å². The van der Waals surface area contributed by atoms with Crippen LogP contribution in [-0.4, -0.2) is 16.1 Å². The van der Waals surface area contributed by atoms with Gasteiger partial charge in [-0.1, -0.05) is 12.1 Å². The molecular weight excluding hydrogens is 302 g/mol. The zero-order valence-electron chi connectivity index (χ0n) is 11.1. The van der Waals surface area contributed by atoms with Crippen LogP contribution in [0.3, 0.4) is 0 Å². The lowest BCUT2D eigenvalue weighted by Crippen LogP contribution is -2.11. The molecule has 0 bridgehead atoms. The van der Waals surface area contributed by atoms with Crippen LogP contribution in [0.4, 0.5) is 17.6 Å². The number of pyridine rings is 1. The summed E-state index contributed by atoms with van der Waals surface area (Å²) in [6.07, 6.45) is -3.13. The third-order valence-corrected chi connectivity index (χ3v) is 3.14. The molecule has 3 nitrogen and oxygen atoms in total. The Morgan fingerprint density at radius 3 is 2.32 bits per heavy atom. The fraction of sp³-hybridized carbons (Fsp3) is 0.200. The lowest BCUT2D eigenvalue weighted by molar-refractivity contribution is -0.138. The first-order valence-electron chi connectivity index (χ1n) is 6.27.